The van der Waals surface area contributed by atoms with Crippen LogP contribution in [0.2, 0.25) is 0 Å². The van der Waals surface area contributed by atoms with Gasteiger partial charge in [-0.3, -0.25) is 9.69 Å². The predicted octanol–water partition coefficient (Wildman–Crippen LogP) is 2.37. The molecule has 2 fully saturated rings. The van der Waals surface area contributed by atoms with E-state index >= 15 is 0 Å². The van der Waals surface area contributed by atoms with Gasteiger partial charge in [-0.1, -0.05) is 6.42 Å². The molecule has 2 aliphatic heterocycles. The topological polar surface area (TPSA) is 63.1 Å². The average molecular weight is 327 g/mol. The van der Waals surface area contributed by atoms with Gasteiger partial charge in [-0.05, 0) is 45.7 Å². The van der Waals surface area contributed by atoms with Gasteiger partial charge in [0.25, 0.3) is 5.91 Å². The number of nitrogens with one attached hydrogen (secondary N) is 1. The summed E-state index contributed by atoms with van der Waals surface area (Å²) >= 11 is 0. The van der Waals surface area contributed by atoms with E-state index in [2.05, 4.69) is 34.1 Å². The van der Waals surface area contributed by atoms with Crippen LogP contribution in [0.4, 0.5) is 0 Å². The minimum absolute atomic E-state index is 0.0147. The minimum Gasteiger partial charge on any atom is -0.348 e. The number of carbonyl (C=O) groups is 1. The third-order valence-electron chi connectivity index (χ3n) is 5.36. The summed E-state index contributed by atoms with van der Waals surface area (Å²) in [6.45, 7) is 6.43. The summed E-state index contributed by atoms with van der Waals surface area (Å²) in [5, 5.41) is 8.53. The van der Waals surface area contributed by atoms with Crippen molar-refractivity contribution in [2.24, 2.45) is 0 Å². The lowest BCUT2D eigenvalue weighted by atomic mass is 9.99. The Labute approximate surface area is 142 Å². The number of piperidine rings is 1. The molecule has 0 unspecified atom stereocenters. The first-order valence-corrected chi connectivity index (χ1v) is 9.01. The summed E-state index contributed by atoms with van der Waals surface area (Å²) in [6.07, 6.45) is 8.27. The molecule has 6 heteroatoms. The van der Waals surface area contributed by atoms with Crippen molar-refractivity contribution in [3.8, 4) is 0 Å². The fraction of sp³-hybridized carbons (Fsp3) is 0.611. The molecule has 2 aromatic heterocycles. The summed E-state index contributed by atoms with van der Waals surface area (Å²) in [5.41, 5.74) is 1.46. The third kappa shape index (κ3) is 2.69. The van der Waals surface area contributed by atoms with Gasteiger partial charge in [-0.2, -0.15) is 5.10 Å². The fourth-order valence-electron chi connectivity index (χ4n) is 4.11. The summed E-state index contributed by atoms with van der Waals surface area (Å²) in [6, 6.07) is 2.94. The van der Waals surface area contributed by atoms with E-state index in [0.29, 0.717) is 11.6 Å². The SMILES string of the molecule is CC(C)n1ncc2cc(C(=O)N[C@@H]3CCN4CCCC[C@@H]34)cnc21. The van der Waals surface area contributed by atoms with Gasteiger partial charge in [0.15, 0.2) is 5.65 Å². The number of amides is 1. The Morgan fingerprint density at radius 3 is 2.96 bits per heavy atom. The van der Waals surface area contributed by atoms with Crippen LogP contribution >= 0.6 is 0 Å². The van der Waals surface area contributed by atoms with Crippen molar-refractivity contribution < 1.29 is 4.79 Å². The lowest BCUT2D eigenvalue weighted by molar-refractivity contribution is 0.0915. The lowest BCUT2D eigenvalue weighted by Crippen LogP contribution is -2.46. The molecule has 0 bridgehead atoms. The Kier molecular flexibility index (Phi) is 4.00. The van der Waals surface area contributed by atoms with Crippen molar-refractivity contribution in [2.75, 3.05) is 13.1 Å². The Hall–Kier alpha value is -1.95. The zero-order valence-electron chi connectivity index (χ0n) is 14.4. The van der Waals surface area contributed by atoms with Gasteiger partial charge in [-0.25, -0.2) is 9.67 Å². The van der Waals surface area contributed by atoms with E-state index in [0.717, 1.165) is 24.0 Å². The van der Waals surface area contributed by atoms with E-state index in [4.69, 9.17) is 0 Å². The molecule has 0 radical (unpaired) electrons. The smallest absolute Gasteiger partial charge is 0.253 e. The molecule has 1 N–H and O–H groups in total. The molecule has 6 nitrogen and oxygen atoms in total. The maximum atomic E-state index is 12.7. The largest absolute Gasteiger partial charge is 0.348 e. The number of pyridine rings is 1. The quantitative estimate of drug-likeness (QED) is 0.940. The monoisotopic (exact) mass is 327 g/mol. The standard InChI is InChI=1S/C18H25N5O/c1-12(2)23-17-13(11-20-23)9-14(10-19-17)18(24)21-15-6-8-22-7-4-3-5-16(15)22/h9-12,15-16H,3-8H2,1-2H3,(H,21,24)/t15-,16+/m1/s1. The second-order valence-corrected chi connectivity index (χ2v) is 7.29. The number of hydrogen-bond donors (Lipinski definition) is 1. The van der Waals surface area contributed by atoms with Crippen molar-refractivity contribution in [1.29, 1.82) is 0 Å². The molecular formula is C18H25N5O. The van der Waals surface area contributed by atoms with Crippen LogP contribution in [-0.4, -0.2) is 50.7 Å². The van der Waals surface area contributed by atoms with E-state index in [9.17, 15) is 4.79 Å². The molecule has 0 spiro atoms. The van der Waals surface area contributed by atoms with Crippen molar-refractivity contribution in [3.63, 3.8) is 0 Å². The minimum atomic E-state index is -0.0147. The zero-order valence-corrected chi connectivity index (χ0v) is 14.4. The van der Waals surface area contributed by atoms with Gasteiger partial charge < -0.3 is 5.32 Å². The van der Waals surface area contributed by atoms with Crippen molar-refractivity contribution in [1.82, 2.24) is 25.0 Å². The molecule has 0 aromatic carbocycles. The molecule has 1 amide bonds. The maximum Gasteiger partial charge on any atom is 0.253 e. The number of nitrogens with zero attached hydrogens (tertiary/aromatic N) is 4. The van der Waals surface area contributed by atoms with Crippen LogP contribution < -0.4 is 5.32 Å². The van der Waals surface area contributed by atoms with Crippen LogP contribution in [0.15, 0.2) is 18.5 Å². The summed E-state index contributed by atoms with van der Waals surface area (Å²) in [7, 11) is 0. The summed E-state index contributed by atoms with van der Waals surface area (Å²) in [5.74, 6) is -0.0147. The Bertz CT molecular complexity index is 753. The molecule has 4 rings (SSSR count). The van der Waals surface area contributed by atoms with Gasteiger partial charge >= 0.3 is 0 Å². The highest BCUT2D eigenvalue weighted by Crippen LogP contribution is 2.27. The van der Waals surface area contributed by atoms with Gasteiger partial charge in [0.1, 0.15) is 0 Å². The van der Waals surface area contributed by atoms with Crippen LogP contribution in [0, 0.1) is 0 Å². The van der Waals surface area contributed by atoms with E-state index in [-0.39, 0.29) is 18.0 Å². The van der Waals surface area contributed by atoms with E-state index in [1.54, 1.807) is 12.4 Å². The van der Waals surface area contributed by atoms with Crippen LogP contribution in [0.3, 0.4) is 0 Å². The molecular weight excluding hydrogens is 302 g/mol. The number of carbonyl (C=O) groups excluding carboxylic acids is 1. The predicted molar refractivity (Wildman–Crippen MR) is 93.0 cm³/mol. The molecule has 2 saturated heterocycles. The average Bonchev–Trinajstić information content (AvgIpc) is 3.18. The second kappa shape index (κ2) is 6.16. The molecule has 0 saturated carbocycles. The Morgan fingerprint density at radius 2 is 2.12 bits per heavy atom. The molecule has 128 valence electrons. The number of hydrogen-bond acceptors (Lipinski definition) is 4. The van der Waals surface area contributed by atoms with Crippen LogP contribution in [0.5, 0.6) is 0 Å². The molecule has 2 atom stereocenters. The Balaban J connectivity index is 1.51. The highest BCUT2D eigenvalue weighted by Gasteiger charge is 2.36. The summed E-state index contributed by atoms with van der Waals surface area (Å²) in [4.78, 5) is 19.7. The molecule has 2 aliphatic rings. The zero-order chi connectivity index (χ0) is 16.7. The number of aromatic nitrogens is 3. The first kappa shape index (κ1) is 15.6. The maximum absolute atomic E-state index is 12.7. The fourth-order valence-corrected chi connectivity index (χ4v) is 4.11. The third-order valence-corrected chi connectivity index (χ3v) is 5.36. The Morgan fingerprint density at radius 1 is 1.25 bits per heavy atom. The van der Waals surface area contributed by atoms with Gasteiger partial charge in [-0.15, -0.1) is 0 Å². The van der Waals surface area contributed by atoms with Crippen molar-refractivity contribution >= 4 is 16.9 Å². The van der Waals surface area contributed by atoms with Crippen LogP contribution in [-0.2, 0) is 0 Å². The molecule has 0 aliphatic carbocycles. The van der Waals surface area contributed by atoms with Gasteiger partial charge in [0.2, 0.25) is 0 Å². The van der Waals surface area contributed by atoms with Crippen molar-refractivity contribution in [3.05, 3.63) is 24.0 Å². The normalized spacial score (nSPS) is 24.5. The second-order valence-electron chi connectivity index (χ2n) is 7.29. The molecule has 2 aromatic rings. The first-order valence-electron chi connectivity index (χ1n) is 9.01. The van der Waals surface area contributed by atoms with E-state index in [1.165, 1.54) is 25.8 Å². The molecule has 24 heavy (non-hydrogen) atoms. The number of rotatable bonds is 3. The lowest BCUT2D eigenvalue weighted by Gasteiger charge is -2.32. The van der Waals surface area contributed by atoms with E-state index in [1.807, 2.05) is 10.7 Å². The van der Waals surface area contributed by atoms with E-state index < -0.39 is 0 Å². The highest BCUT2D eigenvalue weighted by atomic mass is 16.1. The molecule has 4 heterocycles. The first-order chi connectivity index (χ1) is 11.6. The van der Waals surface area contributed by atoms with Crippen molar-refractivity contribution in [2.45, 2.75) is 57.7 Å². The highest BCUT2D eigenvalue weighted by molar-refractivity contribution is 5.97. The summed E-state index contributed by atoms with van der Waals surface area (Å²) < 4.78 is 1.88. The van der Waals surface area contributed by atoms with Crippen LogP contribution in [0.25, 0.3) is 11.0 Å². The van der Waals surface area contributed by atoms with Crippen LogP contribution in [0.1, 0.15) is 55.9 Å². The van der Waals surface area contributed by atoms with Gasteiger partial charge in [0, 0.05) is 36.3 Å². The number of fused-ring (bicyclic) bond motifs is 2. The van der Waals surface area contributed by atoms with Gasteiger partial charge in [0.05, 0.1) is 11.8 Å².